The van der Waals surface area contributed by atoms with Crippen molar-refractivity contribution < 1.29 is 37.8 Å². The van der Waals surface area contributed by atoms with Crippen LogP contribution in [-0.2, 0) is 20.9 Å². The van der Waals surface area contributed by atoms with Crippen LogP contribution in [0.15, 0.2) is 64.7 Å². The molecule has 1 fully saturated rings. The van der Waals surface area contributed by atoms with Crippen molar-refractivity contribution in [3.8, 4) is 11.5 Å². The van der Waals surface area contributed by atoms with Gasteiger partial charge in [-0.1, -0.05) is 23.8 Å². The quantitative estimate of drug-likeness (QED) is 0.228. The SMILES string of the molecule is CCOc1cc(/C=C2\NC(=O)N(Cc3ccc(C(=O)OC)o3)C2=O)ccc1OCC(=O)Nc1ccc(C)cc1. The number of anilines is 1. The van der Waals surface area contributed by atoms with E-state index >= 15 is 0 Å². The summed E-state index contributed by atoms with van der Waals surface area (Å²) in [6.45, 7) is 3.70. The van der Waals surface area contributed by atoms with Crippen LogP contribution < -0.4 is 20.1 Å². The topological polar surface area (TPSA) is 136 Å². The number of ether oxygens (including phenoxy) is 3. The monoisotopic (exact) mass is 533 g/mol. The molecule has 0 radical (unpaired) electrons. The molecule has 2 N–H and O–H groups in total. The second-order valence-electron chi connectivity index (χ2n) is 8.48. The van der Waals surface area contributed by atoms with Crippen molar-refractivity contribution in [1.29, 1.82) is 0 Å². The number of aryl methyl sites for hydroxylation is 1. The Morgan fingerprint density at radius 1 is 1.03 bits per heavy atom. The van der Waals surface area contributed by atoms with Crippen molar-refractivity contribution in [2.75, 3.05) is 25.6 Å². The molecular formula is C28H27N3O8. The van der Waals surface area contributed by atoms with E-state index in [4.69, 9.17) is 13.9 Å². The van der Waals surface area contributed by atoms with Crippen molar-refractivity contribution in [3.05, 3.63) is 82.9 Å². The lowest BCUT2D eigenvalue weighted by Gasteiger charge is -2.13. The fourth-order valence-corrected chi connectivity index (χ4v) is 3.69. The number of rotatable bonds is 10. The van der Waals surface area contributed by atoms with Gasteiger partial charge in [0.1, 0.15) is 11.5 Å². The number of methoxy groups -OCH3 is 1. The van der Waals surface area contributed by atoms with Gasteiger partial charge in [0.15, 0.2) is 18.1 Å². The molecule has 1 saturated heterocycles. The first kappa shape index (κ1) is 27.0. The number of nitrogens with zero attached hydrogens (tertiary/aromatic N) is 1. The molecule has 1 aliphatic rings. The van der Waals surface area contributed by atoms with Crippen LogP contribution in [0.4, 0.5) is 10.5 Å². The second-order valence-corrected chi connectivity index (χ2v) is 8.48. The molecule has 39 heavy (non-hydrogen) atoms. The summed E-state index contributed by atoms with van der Waals surface area (Å²) >= 11 is 0. The van der Waals surface area contributed by atoms with Crippen molar-refractivity contribution >= 4 is 35.6 Å². The number of benzene rings is 2. The molecule has 0 unspecified atom stereocenters. The number of urea groups is 1. The predicted molar refractivity (Wildman–Crippen MR) is 140 cm³/mol. The Morgan fingerprint density at radius 2 is 1.79 bits per heavy atom. The first-order valence-electron chi connectivity index (χ1n) is 12.0. The van der Waals surface area contributed by atoms with E-state index < -0.39 is 17.9 Å². The zero-order valence-electron chi connectivity index (χ0n) is 21.6. The van der Waals surface area contributed by atoms with Gasteiger partial charge in [-0.15, -0.1) is 0 Å². The van der Waals surface area contributed by atoms with Gasteiger partial charge in [-0.2, -0.15) is 0 Å². The first-order chi connectivity index (χ1) is 18.8. The fourth-order valence-electron chi connectivity index (χ4n) is 3.69. The molecule has 3 aromatic rings. The third-order valence-electron chi connectivity index (χ3n) is 5.60. The maximum absolute atomic E-state index is 12.9. The Labute approximate surface area is 224 Å². The second kappa shape index (κ2) is 12.0. The summed E-state index contributed by atoms with van der Waals surface area (Å²) in [5.74, 6) is -0.636. The van der Waals surface area contributed by atoms with Gasteiger partial charge in [-0.05, 0) is 61.9 Å². The Morgan fingerprint density at radius 3 is 2.51 bits per heavy atom. The van der Waals surface area contributed by atoms with Crippen molar-refractivity contribution in [1.82, 2.24) is 10.2 Å². The van der Waals surface area contributed by atoms with E-state index in [1.54, 1.807) is 37.3 Å². The minimum atomic E-state index is -0.663. The van der Waals surface area contributed by atoms with Crippen molar-refractivity contribution in [3.63, 3.8) is 0 Å². The van der Waals surface area contributed by atoms with E-state index in [0.717, 1.165) is 10.5 Å². The Bertz CT molecular complexity index is 1420. The number of carbonyl (C=O) groups is 4. The summed E-state index contributed by atoms with van der Waals surface area (Å²) in [6.07, 6.45) is 1.50. The molecule has 0 spiro atoms. The molecule has 1 aromatic heterocycles. The van der Waals surface area contributed by atoms with E-state index in [1.165, 1.54) is 25.3 Å². The third kappa shape index (κ3) is 6.63. The van der Waals surface area contributed by atoms with E-state index in [1.807, 2.05) is 19.1 Å². The minimum absolute atomic E-state index is 0.0336. The number of furan rings is 1. The van der Waals surface area contributed by atoms with Crippen LogP contribution >= 0.6 is 0 Å². The standard InChI is InChI=1S/C28H27N3O8/c1-4-37-24-14-18(7-11-22(24)38-16-25(32)29-19-8-5-17(2)6-9-19)13-21-26(33)31(28(35)30-21)15-20-10-12-23(39-20)27(34)36-3/h5-14H,4,15-16H2,1-3H3,(H,29,32)(H,30,35)/b21-13-. The van der Waals surface area contributed by atoms with Crippen LogP contribution in [0.3, 0.4) is 0 Å². The number of hydrogen-bond acceptors (Lipinski definition) is 8. The average Bonchev–Trinajstić information content (AvgIpc) is 3.49. The Balaban J connectivity index is 1.42. The molecule has 0 saturated carbocycles. The molecule has 4 rings (SSSR count). The predicted octanol–water partition coefficient (Wildman–Crippen LogP) is 3.88. The summed E-state index contributed by atoms with van der Waals surface area (Å²) in [7, 11) is 1.22. The molecule has 0 atom stereocenters. The highest BCUT2D eigenvalue weighted by Crippen LogP contribution is 2.30. The third-order valence-corrected chi connectivity index (χ3v) is 5.60. The molecule has 0 aliphatic carbocycles. The van der Waals surface area contributed by atoms with Gasteiger partial charge in [0.2, 0.25) is 5.76 Å². The molecule has 4 amide bonds. The minimum Gasteiger partial charge on any atom is -0.490 e. The largest absolute Gasteiger partial charge is 0.490 e. The van der Waals surface area contributed by atoms with E-state index in [-0.39, 0.29) is 36.3 Å². The van der Waals surface area contributed by atoms with Gasteiger partial charge in [-0.3, -0.25) is 14.5 Å². The van der Waals surface area contributed by atoms with Crippen molar-refractivity contribution in [2.24, 2.45) is 0 Å². The van der Waals surface area contributed by atoms with Crippen LogP contribution in [0.25, 0.3) is 6.08 Å². The van der Waals surface area contributed by atoms with Gasteiger partial charge in [0, 0.05) is 5.69 Å². The number of carbonyl (C=O) groups excluding carboxylic acids is 4. The maximum atomic E-state index is 12.9. The molecule has 0 bridgehead atoms. The summed E-state index contributed by atoms with van der Waals surface area (Å²) < 4.78 is 21.3. The lowest BCUT2D eigenvalue weighted by molar-refractivity contribution is -0.123. The van der Waals surface area contributed by atoms with Crippen LogP contribution in [0.5, 0.6) is 11.5 Å². The maximum Gasteiger partial charge on any atom is 0.373 e. The van der Waals surface area contributed by atoms with Gasteiger partial charge in [-0.25, -0.2) is 9.59 Å². The lowest BCUT2D eigenvalue weighted by atomic mass is 10.1. The van der Waals surface area contributed by atoms with Crippen LogP contribution in [-0.4, -0.2) is 49.0 Å². The summed E-state index contributed by atoms with van der Waals surface area (Å²) in [6, 6.07) is 14.6. The molecule has 1 aliphatic heterocycles. The molecule has 202 valence electrons. The van der Waals surface area contributed by atoms with E-state index in [9.17, 15) is 19.2 Å². The van der Waals surface area contributed by atoms with Gasteiger partial charge in [0.05, 0.1) is 20.3 Å². The Hall–Kier alpha value is -5.06. The number of hydrogen-bond donors (Lipinski definition) is 2. The van der Waals surface area contributed by atoms with E-state index in [2.05, 4.69) is 15.4 Å². The highest BCUT2D eigenvalue weighted by molar-refractivity contribution is 6.13. The molecule has 2 heterocycles. The smallest absolute Gasteiger partial charge is 0.373 e. The molecule has 2 aromatic carbocycles. The number of imide groups is 1. The van der Waals surface area contributed by atoms with Gasteiger partial charge in [0.25, 0.3) is 11.8 Å². The molecule has 11 nitrogen and oxygen atoms in total. The highest BCUT2D eigenvalue weighted by atomic mass is 16.5. The van der Waals surface area contributed by atoms with Crippen LogP contribution in [0.2, 0.25) is 0 Å². The van der Waals surface area contributed by atoms with Crippen molar-refractivity contribution in [2.45, 2.75) is 20.4 Å². The summed E-state index contributed by atoms with van der Waals surface area (Å²) in [4.78, 5) is 50.2. The first-order valence-corrected chi connectivity index (χ1v) is 12.0. The molecular weight excluding hydrogens is 506 g/mol. The number of amides is 4. The van der Waals surface area contributed by atoms with Crippen LogP contribution in [0, 0.1) is 6.92 Å². The number of esters is 1. The zero-order chi connectivity index (χ0) is 27.9. The van der Waals surface area contributed by atoms with Crippen LogP contribution in [0.1, 0.15) is 34.4 Å². The highest BCUT2D eigenvalue weighted by Gasteiger charge is 2.34. The lowest BCUT2D eigenvalue weighted by Crippen LogP contribution is -2.30. The van der Waals surface area contributed by atoms with Gasteiger partial charge >= 0.3 is 12.0 Å². The Kier molecular flexibility index (Phi) is 8.30. The fraction of sp³-hybridized carbons (Fsp3) is 0.214. The molecule has 11 heteroatoms. The van der Waals surface area contributed by atoms with E-state index in [0.29, 0.717) is 29.4 Å². The number of nitrogens with one attached hydrogen (secondary N) is 2. The summed E-state index contributed by atoms with van der Waals surface area (Å²) in [5.41, 5.74) is 2.35. The average molecular weight is 534 g/mol. The zero-order valence-corrected chi connectivity index (χ0v) is 21.6. The summed E-state index contributed by atoms with van der Waals surface area (Å²) in [5, 5.41) is 5.30. The normalized spacial score (nSPS) is 13.8. The van der Waals surface area contributed by atoms with Gasteiger partial charge < -0.3 is 29.3 Å².